The number of nitrogens with zero attached hydrogens (tertiary/aromatic N) is 3. The minimum Gasteiger partial charge on any atom is -0.444 e. The molecule has 0 saturated carbocycles. The first-order valence-corrected chi connectivity index (χ1v) is 10.3. The minimum atomic E-state index is -0.616. The Hall–Kier alpha value is -2.31. The number of pyridine rings is 1. The Kier molecular flexibility index (Phi) is 6.81. The van der Waals surface area contributed by atoms with E-state index in [2.05, 4.69) is 4.98 Å². The lowest BCUT2D eigenvalue weighted by atomic mass is 10.0. The Morgan fingerprint density at radius 2 is 1.76 bits per heavy atom. The first kappa shape index (κ1) is 23.0. The maximum absolute atomic E-state index is 12.9. The summed E-state index contributed by atoms with van der Waals surface area (Å²) < 4.78 is 11.2. The van der Waals surface area contributed by atoms with Gasteiger partial charge in [-0.05, 0) is 74.3 Å². The van der Waals surface area contributed by atoms with E-state index in [9.17, 15) is 9.59 Å². The van der Waals surface area contributed by atoms with E-state index in [1.54, 1.807) is 16.0 Å². The minimum absolute atomic E-state index is 0.158. The van der Waals surface area contributed by atoms with Crippen molar-refractivity contribution < 1.29 is 19.1 Å². The predicted molar refractivity (Wildman–Crippen MR) is 113 cm³/mol. The van der Waals surface area contributed by atoms with Crippen LogP contribution in [0.4, 0.5) is 15.4 Å². The quantitative estimate of drug-likeness (QED) is 0.682. The van der Waals surface area contributed by atoms with Crippen molar-refractivity contribution in [2.75, 3.05) is 11.4 Å². The van der Waals surface area contributed by atoms with Crippen LogP contribution in [-0.2, 0) is 9.47 Å². The molecule has 1 saturated heterocycles. The molecular formula is C22H35N3O4. The van der Waals surface area contributed by atoms with Gasteiger partial charge in [0.1, 0.15) is 17.0 Å². The molecule has 162 valence electrons. The van der Waals surface area contributed by atoms with Crippen molar-refractivity contribution in [1.29, 1.82) is 0 Å². The van der Waals surface area contributed by atoms with Crippen LogP contribution in [0.25, 0.3) is 0 Å². The monoisotopic (exact) mass is 405 g/mol. The van der Waals surface area contributed by atoms with Crippen molar-refractivity contribution >= 4 is 18.0 Å². The molecule has 0 aliphatic carbocycles. The van der Waals surface area contributed by atoms with E-state index in [1.807, 2.05) is 67.5 Å². The van der Waals surface area contributed by atoms with Crippen LogP contribution >= 0.6 is 0 Å². The molecule has 1 aliphatic rings. The molecule has 1 aromatic rings. The third-order valence-electron chi connectivity index (χ3n) is 4.39. The predicted octanol–water partition coefficient (Wildman–Crippen LogP) is 5.30. The summed E-state index contributed by atoms with van der Waals surface area (Å²) >= 11 is 0. The van der Waals surface area contributed by atoms with Gasteiger partial charge in [-0.1, -0.05) is 6.07 Å². The number of ether oxygens (including phenoxy) is 2. The van der Waals surface area contributed by atoms with Gasteiger partial charge in [0.2, 0.25) is 0 Å². The third-order valence-corrected chi connectivity index (χ3v) is 4.39. The second-order valence-corrected chi connectivity index (χ2v) is 9.69. The van der Waals surface area contributed by atoms with Gasteiger partial charge in [0, 0.05) is 24.3 Å². The molecule has 0 N–H and O–H groups in total. The van der Waals surface area contributed by atoms with Gasteiger partial charge in [-0.25, -0.2) is 14.6 Å². The van der Waals surface area contributed by atoms with Gasteiger partial charge < -0.3 is 14.4 Å². The second-order valence-electron chi connectivity index (χ2n) is 9.69. The molecule has 7 nitrogen and oxygen atoms in total. The summed E-state index contributed by atoms with van der Waals surface area (Å²) in [5.74, 6) is 0.525. The lowest BCUT2D eigenvalue weighted by Gasteiger charge is -2.33. The molecule has 0 radical (unpaired) electrons. The first-order chi connectivity index (χ1) is 13.3. The third kappa shape index (κ3) is 6.08. The second kappa shape index (κ2) is 8.59. The van der Waals surface area contributed by atoms with Crippen molar-refractivity contribution in [2.45, 2.75) is 91.5 Å². The average molecular weight is 406 g/mol. The molecule has 0 unspecified atom stereocenters. The fourth-order valence-corrected chi connectivity index (χ4v) is 3.35. The highest BCUT2D eigenvalue weighted by Crippen LogP contribution is 2.38. The smallest absolute Gasteiger partial charge is 0.416 e. The summed E-state index contributed by atoms with van der Waals surface area (Å²) in [7, 11) is 0. The Morgan fingerprint density at radius 1 is 1.14 bits per heavy atom. The van der Waals surface area contributed by atoms with Crippen molar-refractivity contribution in [3.63, 3.8) is 0 Å². The fraction of sp³-hybridized carbons (Fsp3) is 0.682. The number of hydrogen-bond donors (Lipinski definition) is 0. The van der Waals surface area contributed by atoms with Crippen molar-refractivity contribution in [1.82, 2.24) is 9.88 Å². The van der Waals surface area contributed by atoms with Gasteiger partial charge in [0.05, 0.1) is 6.04 Å². The Bertz CT molecular complexity index is 734. The van der Waals surface area contributed by atoms with Gasteiger partial charge in [0.25, 0.3) is 0 Å². The number of likely N-dealkylation sites (tertiary alicyclic amines) is 1. The largest absolute Gasteiger partial charge is 0.444 e. The lowest BCUT2D eigenvalue weighted by molar-refractivity contribution is 0.0224. The molecule has 0 aromatic carbocycles. The van der Waals surface area contributed by atoms with Crippen LogP contribution in [0.15, 0.2) is 18.3 Å². The van der Waals surface area contributed by atoms with Gasteiger partial charge in [0.15, 0.2) is 0 Å². The molecule has 2 heterocycles. The van der Waals surface area contributed by atoms with Crippen LogP contribution in [0.3, 0.4) is 0 Å². The maximum Gasteiger partial charge on any atom is 0.416 e. The van der Waals surface area contributed by atoms with Crippen LogP contribution in [0.2, 0.25) is 0 Å². The molecule has 0 spiro atoms. The molecular weight excluding hydrogens is 370 g/mol. The highest BCUT2D eigenvalue weighted by molar-refractivity contribution is 5.88. The molecule has 29 heavy (non-hydrogen) atoms. The van der Waals surface area contributed by atoms with E-state index in [4.69, 9.17) is 9.47 Å². The molecule has 1 aliphatic heterocycles. The zero-order valence-electron chi connectivity index (χ0n) is 19.0. The molecule has 1 fully saturated rings. The molecule has 1 atom stereocenters. The number of aromatic nitrogens is 1. The highest BCUT2D eigenvalue weighted by Gasteiger charge is 2.37. The molecule has 1 aromatic heterocycles. The molecule has 2 rings (SSSR count). The van der Waals surface area contributed by atoms with Crippen molar-refractivity contribution in [3.8, 4) is 0 Å². The van der Waals surface area contributed by atoms with E-state index in [0.717, 1.165) is 18.4 Å². The van der Waals surface area contributed by atoms with E-state index < -0.39 is 17.3 Å². The summed E-state index contributed by atoms with van der Waals surface area (Å²) in [6.07, 6.45) is 2.52. The number of carbonyl (C=O) groups excluding carboxylic acids is 2. The van der Waals surface area contributed by atoms with Gasteiger partial charge in [-0.2, -0.15) is 0 Å². The van der Waals surface area contributed by atoms with E-state index in [-0.39, 0.29) is 18.2 Å². The zero-order chi connectivity index (χ0) is 22.0. The Labute approximate surface area is 174 Å². The SMILES string of the molecule is CC(C)N(C(=O)OC(C)(C)C)c1ncccc1[C@H]1CCCN1C(=O)OC(C)(C)C. The van der Waals surface area contributed by atoms with Crippen molar-refractivity contribution in [3.05, 3.63) is 23.9 Å². The number of amides is 2. The van der Waals surface area contributed by atoms with Crippen LogP contribution in [-0.4, -0.2) is 45.9 Å². The topological polar surface area (TPSA) is 72.0 Å². The van der Waals surface area contributed by atoms with Crippen LogP contribution in [0.5, 0.6) is 0 Å². The van der Waals surface area contributed by atoms with Crippen LogP contribution in [0, 0.1) is 0 Å². The van der Waals surface area contributed by atoms with Gasteiger partial charge in [-0.3, -0.25) is 4.90 Å². The lowest BCUT2D eigenvalue weighted by Crippen LogP contribution is -2.43. The summed E-state index contributed by atoms with van der Waals surface area (Å²) in [6, 6.07) is 3.40. The van der Waals surface area contributed by atoms with Crippen LogP contribution < -0.4 is 4.90 Å². The molecule has 2 amide bonds. The number of rotatable bonds is 3. The average Bonchev–Trinajstić information content (AvgIpc) is 3.01. The van der Waals surface area contributed by atoms with Crippen molar-refractivity contribution in [2.24, 2.45) is 0 Å². The highest BCUT2D eigenvalue weighted by atomic mass is 16.6. The zero-order valence-corrected chi connectivity index (χ0v) is 19.0. The van der Waals surface area contributed by atoms with Gasteiger partial charge >= 0.3 is 12.2 Å². The fourth-order valence-electron chi connectivity index (χ4n) is 3.35. The summed E-state index contributed by atoms with van der Waals surface area (Å²) in [5.41, 5.74) is -0.354. The molecule has 7 heteroatoms. The summed E-state index contributed by atoms with van der Waals surface area (Å²) in [6.45, 7) is 15.5. The Balaban J connectivity index is 2.40. The summed E-state index contributed by atoms with van der Waals surface area (Å²) in [5, 5.41) is 0. The van der Waals surface area contributed by atoms with E-state index >= 15 is 0 Å². The van der Waals surface area contributed by atoms with Gasteiger partial charge in [-0.15, -0.1) is 0 Å². The number of anilines is 1. The summed E-state index contributed by atoms with van der Waals surface area (Å²) in [4.78, 5) is 33.5. The standard InChI is InChI=1S/C22H35N3O4/c1-15(2)25(20(27)29-22(6,7)8)18-16(11-9-13-23-18)17-12-10-14-24(17)19(26)28-21(3,4)5/h9,11,13,15,17H,10,12,14H2,1-8H3/t17-/m1/s1. The van der Waals surface area contributed by atoms with Crippen LogP contribution in [0.1, 0.15) is 79.8 Å². The Morgan fingerprint density at radius 3 is 2.31 bits per heavy atom. The van der Waals surface area contributed by atoms with E-state index in [1.165, 1.54) is 0 Å². The van der Waals surface area contributed by atoms with E-state index in [0.29, 0.717) is 12.4 Å². The maximum atomic E-state index is 12.9. The first-order valence-electron chi connectivity index (χ1n) is 10.3. The molecule has 0 bridgehead atoms. The number of hydrogen-bond acceptors (Lipinski definition) is 5. The normalized spacial score (nSPS) is 17.4. The number of carbonyl (C=O) groups is 2.